The van der Waals surface area contributed by atoms with Gasteiger partial charge in [-0.25, -0.2) is 0 Å². The highest BCUT2D eigenvalue weighted by atomic mass is 28.1. The Labute approximate surface area is 34.3 Å². The first-order valence-electron chi connectivity index (χ1n) is 1.26. The first kappa shape index (κ1) is 4.45. The number of rotatable bonds is 0. The van der Waals surface area contributed by atoms with E-state index in [1.54, 1.807) is 6.07 Å². The predicted octanol–water partition coefficient (Wildman–Crippen LogP) is -0.808. The minimum atomic E-state index is 0.449. The molecule has 2 heteroatoms. The Bertz CT molecular complexity index is 79.4. The lowest BCUT2D eigenvalue weighted by molar-refractivity contribution is 1.53. The molecule has 0 saturated heterocycles. The second-order valence-electron chi connectivity index (χ2n) is 0.795. The Balaban J connectivity index is 3.35. The van der Waals surface area contributed by atoms with Gasteiger partial charge in [-0.1, -0.05) is 6.58 Å². The van der Waals surface area contributed by atoms with E-state index in [-0.39, 0.29) is 0 Å². The molecule has 1 radical (unpaired) electrons. The van der Waals surface area contributed by atoms with Gasteiger partial charge in [0.1, 0.15) is 0 Å². The Morgan fingerprint density at radius 3 is 2.20 bits per heavy atom. The number of allylic oxidation sites excluding steroid dienone is 1. The fraction of sp³-hybridized carbons (Fsp3) is 0. The fourth-order valence-electron chi connectivity index (χ4n) is 0. The summed E-state index contributed by atoms with van der Waals surface area (Å²) in [6.45, 7) is 4.91. The molecule has 0 aromatic carbocycles. The first-order valence-corrected chi connectivity index (χ1v) is 2.26. The van der Waals surface area contributed by atoms with Gasteiger partial charge in [-0.05, 0) is 0 Å². The van der Waals surface area contributed by atoms with Gasteiger partial charge in [0.15, 0.2) is 0 Å². The predicted molar refractivity (Wildman–Crippen MR) is 23.4 cm³/mol. The van der Waals surface area contributed by atoms with E-state index < -0.39 is 0 Å². The molecule has 5 heavy (non-hydrogen) atoms. The van der Waals surface area contributed by atoms with Crippen molar-refractivity contribution in [2.24, 2.45) is 0 Å². The Hall–Kier alpha value is -0.553. The lowest BCUT2D eigenvalue weighted by atomic mass is 10.7. The van der Waals surface area contributed by atoms with Crippen LogP contribution in [0.3, 0.4) is 0 Å². The zero-order valence-electron chi connectivity index (χ0n) is 3.02. The summed E-state index contributed by atoms with van der Waals surface area (Å²) in [5.41, 5.74) is 0. The number of nitriles is 1. The Morgan fingerprint density at radius 2 is 2.20 bits per heavy atom. The van der Waals surface area contributed by atoms with E-state index in [2.05, 4.69) is 0 Å². The fourth-order valence-corrected chi connectivity index (χ4v) is 0. The van der Waals surface area contributed by atoms with Crippen LogP contribution in [-0.4, -0.2) is 10.2 Å². The molecule has 0 unspecified atom stereocenters. The molecule has 0 spiro atoms. The molecule has 0 fully saturated rings. The van der Waals surface area contributed by atoms with Crippen molar-refractivity contribution >= 4 is 10.2 Å². The Morgan fingerprint density at radius 1 is 2.00 bits per heavy atom. The van der Waals surface area contributed by atoms with Crippen LogP contribution in [0.5, 0.6) is 0 Å². The zero-order valence-corrected chi connectivity index (χ0v) is 5.02. The van der Waals surface area contributed by atoms with Crippen LogP contribution in [0.1, 0.15) is 0 Å². The molecule has 0 heterocycles. The van der Waals surface area contributed by atoms with Crippen LogP contribution in [-0.2, 0) is 0 Å². The highest BCUT2D eigenvalue weighted by Gasteiger charge is 1.65. The van der Waals surface area contributed by atoms with Gasteiger partial charge in [0.25, 0.3) is 0 Å². The molecule has 0 aromatic heterocycles. The molecule has 25 valence electrons. The number of hydrogen-bond donors (Lipinski definition) is 0. The van der Waals surface area contributed by atoms with Crippen LogP contribution >= 0.6 is 0 Å². The molecule has 0 saturated carbocycles. The lowest BCUT2D eigenvalue weighted by Crippen LogP contribution is -1.63. The van der Waals surface area contributed by atoms with Crippen LogP contribution < -0.4 is 0 Å². The standard InChI is InChI=1S/C3H4NSi/c1-3(5)2-4/h1H,5H3. The van der Waals surface area contributed by atoms with E-state index >= 15 is 0 Å². The SMILES string of the molecule is [CH]=C([SiH3])C#N. The van der Waals surface area contributed by atoms with Crippen molar-refractivity contribution in [3.8, 4) is 6.07 Å². The van der Waals surface area contributed by atoms with E-state index in [0.717, 1.165) is 0 Å². The van der Waals surface area contributed by atoms with Gasteiger partial charge in [0.2, 0.25) is 0 Å². The monoisotopic (exact) mass is 82.0 g/mol. The average molecular weight is 82.2 g/mol. The van der Waals surface area contributed by atoms with Crippen molar-refractivity contribution in [2.75, 3.05) is 0 Å². The summed E-state index contributed by atoms with van der Waals surface area (Å²) in [5, 5.41) is 8.22. The summed E-state index contributed by atoms with van der Waals surface area (Å²) in [6, 6.07) is 1.78. The summed E-state index contributed by atoms with van der Waals surface area (Å²) in [5.74, 6) is 0. The van der Waals surface area contributed by atoms with Crippen LogP contribution in [0.15, 0.2) is 5.20 Å². The summed E-state index contributed by atoms with van der Waals surface area (Å²) < 4.78 is 0. The van der Waals surface area contributed by atoms with Gasteiger partial charge in [-0.3, -0.25) is 0 Å². The third kappa shape index (κ3) is 3.45. The molecule has 0 rings (SSSR count). The van der Waals surface area contributed by atoms with Gasteiger partial charge >= 0.3 is 0 Å². The third-order valence-corrected chi connectivity index (χ3v) is 0.400. The molecular formula is C3H4NSi. The number of hydrogen-bond acceptors (Lipinski definition) is 1. The lowest BCUT2D eigenvalue weighted by Gasteiger charge is -1.61. The minimum absolute atomic E-state index is 0.449. The molecule has 0 aliphatic carbocycles. The molecular weight excluding hydrogens is 78.1 g/mol. The summed E-state index contributed by atoms with van der Waals surface area (Å²) in [4.78, 5) is 0. The van der Waals surface area contributed by atoms with Gasteiger partial charge in [0.05, 0.1) is 16.3 Å². The van der Waals surface area contributed by atoms with Crippen molar-refractivity contribution in [1.29, 1.82) is 5.26 Å². The van der Waals surface area contributed by atoms with E-state index in [9.17, 15) is 0 Å². The second kappa shape index (κ2) is 1.74. The molecule has 0 N–H and O–H groups in total. The Kier molecular flexibility index (Phi) is 1.54. The van der Waals surface area contributed by atoms with Crippen molar-refractivity contribution < 1.29 is 0 Å². The molecule has 0 bridgehead atoms. The molecule has 0 aliphatic heterocycles. The van der Waals surface area contributed by atoms with Crippen LogP contribution in [0.2, 0.25) is 0 Å². The summed E-state index contributed by atoms with van der Waals surface area (Å²) in [6.07, 6.45) is 0. The van der Waals surface area contributed by atoms with E-state index in [4.69, 9.17) is 11.8 Å². The topological polar surface area (TPSA) is 23.8 Å². The van der Waals surface area contributed by atoms with E-state index in [1.165, 1.54) is 0 Å². The maximum atomic E-state index is 7.77. The van der Waals surface area contributed by atoms with Crippen molar-refractivity contribution in [3.05, 3.63) is 11.8 Å². The maximum Gasteiger partial charge on any atom is 0.0890 e. The highest BCUT2D eigenvalue weighted by molar-refractivity contribution is 6.23. The average Bonchev–Trinajstić information content (AvgIpc) is 1.38. The van der Waals surface area contributed by atoms with Crippen molar-refractivity contribution in [2.45, 2.75) is 0 Å². The second-order valence-corrected chi connectivity index (χ2v) is 1.87. The van der Waals surface area contributed by atoms with Gasteiger partial charge < -0.3 is 0 Å². The van der Waals surface area contributed by atoms with Crippen molar-refractivity contribution in [3.63, 3.8) is 0 Å². The smallest absolute Gasteiger partial charge is 0.0890 e. The third-order valence-electron chi connectivity index (χ3n) is 0.176. The largest absolute Gasteiger partial charge is 0.193 e. The van der Waals surface area contributed by atoms with Gasteiger partial charge in [-0.2, -0.15) is 5.26 Å². The molecule has 0 atom stereocenters. The molecule has 0 amide bonds. The van der Waals surface area contributed by atoms with E-state index in [0.29, 0.717) is 15.4 Å². The molecule has 1 nitrogen and oxygen atoms in total. The number of nitrogens with zero attached hydrogens (tertiary/aromatic N) is 1. The van der Waals surface area contributed by atoms with E-state index in [1.807, 2.05) is 0 Å². The highest BCUT2D eigenvalue weighted by Crippen LogP contribution is 1.66. The zero-order chi connectivity index (χ0) is 4.28. The molecule has 0 aromatic rings. The van der Waals surface area contributed by atoms with Crippen LogP contribution in [0.25, 0.3) is 0 Å². The summed E-state index contributed by atoms with van der Waals surface area (Å²) >= 11 is 0. The van der Waals surface area contributed by atoms with Gasteiger partial charge in [0, 0.05) is 5.20 Å². The minimum Gasteiger partial charge on any atom is -0.193 e. The van der Waals surface area contributed by atoms with Crippen LogP contribution in [0, 0.1) is 17.9 Å². The summed E-state index contributed by atoms with van der Waals surface area (Å²) in [7, 11) is 0.703. The normalized spacial score (nSPS) is 6.20. The van der Waals surface area contributed by atoms with Crippen molar-refractivity contribution in [1.82, 2.24) is 0 Å². The quantitative estimate of drug-likeness (QED) is 0.277. The van der Waals surface area contributed by atoms with Crippen LogP contribution in [0.4, 0.5) is 0 Å². The van der Waals surface area contributed by atoms with Gasteiger partial charge in [-0.15, -0.1) is 0 Å². The maximum absolute atomic E-state index is 7.77. The molecule has 0 aliphatic rings. The first-order chi connectivity index (χ1) is 2.27.